The fourth-order valence-electron chi connectivity index (χ4n) is 3.51. The molecule has 3 nitrogen and oxygen atoms in total. The maximum absolute atomic E-state index is 12.1. The molecular weight excluding hydrogens is 224 g/mol. The second-order valence-electron chi connectivity index (χ2n) is 6.04. The van der Waals surface area contributed by atoms with E-state index in [0.717, 1.165) is 38.3 Å². The number of nitrogens with one attached hydrogen (secondary N) is 2. The van der Waals surface area contributed by atoms with E-state index in [1.807, 2.05) is 0 Å². The molecule has 1 heterocycles. The lowest BCUT2D eigenvalue weighted by atomic mass is 9.83. The SMILES string of the molecule is CCC(NC(=O)CC1CCNC1)C1CCCCC1. The molecule has 2 N–H and O–H groups in total. The van der Waals surface area contributed by atoms with Gasteiger partial charge in [-0.15, -0.1) is 0 Å². The van der Waals surface area contributed by atoms with Gasteiger partial charge in [0.1, 0.15) is 0 Å². The summed E-state index contributed by atoms with van der Waals surface area (Å²) in [6.45, 7) is 4.31. The van der Waals surface area contributed by atoms with E-state index < -0.39 is 0 Å². The summed E-state index contributed by atoms with van der Waals surface area (Å²) in [6.07, 6.45) is 9.67. The number of hydrogen-bond donors (Lipinski definition) is 2. The Kier molecular flexibility index (Phi) is 5.48. The van der Waals surface area contributed by atoms with E-state index in [-0.39, 0.29) is 5.91 Å². The third-order valence-electron chi connectivity index (χ3n) is 4.64. The summed E-state index contributed by atoms with van der Waals surface area (Å²) in [5, 5.41) is 6.62. The van der Waals surface area contributed by atoms with Crippen LogP contribution in [0.15, 0.2) is 0 Å². The van der Waals surface area contributed by atoms with Gasteiger partial charge >= 0.3 is 0 Å². The average Bonchev–Trinajstić information content (AvgIpc) is 2.90. The Balaban J connectivity index is 1.75. The van der Waals surface area contributed by atoms with Gasteiger partial charge in [-0.3, -0.25) is 4.79 Å². The molecule has 2 unspecified atom stereocenters. The van der Waals surface area contributed by atoms with Gasteiger partial charge in [0.15, 0.2) is 0 Å². The Morgan fingerprint density at radius 3 is 2.67 bits per heavy atom. The van der Waals surface area contributed by atoms with Crippen LogP contribution in [-0.4, -0.2) is 25.0 Å². The number of rotatable bonds is 5. The highest BCUT2D eigenvalue weighted by molar-refractivity contribution is 5.76. The Morgan fingerprint density at radius 1 is 1.28 bits per heavy atom. The van der Waals surface area contributed by atoms with Crippen molar-refractivity contribution in [1.82, 2.24) is 10.6 Å². The molecule has 3 heteroatoms. The number of carbonyl (C=O) groups excluding carboxylic acids is 1. The van der Waals surface area contributed by atoms with Crippen LogP contribution in [0.2, 0.25) is 0 Å². The maximum atomic E-state index is 12.1. The van der Waals surface area contributed by atoms with Crippen molar-refractivity contribution >= 4 is 5.91 Å². The van der Waals surface area contributed by atoms with Crippen molar-refractivity contribution in [2.75, 3.05) is 13.1 Å². The van der Waals surface area contributed by atoms with Crippen molar-refractivity contribution in [2.45, 2.75) is 64.3 Å². The van der Waals surface area contributed by atoms with Gasteiger partial charge in [-0.2, -0.15) is 0 Å². The van der Waals surface area contributed by atoms with E-state index in [2.05, 4.69) is 17.6 Å². The van der Waals surface area contributed by atoms with Gasteiger partial charge in [0, 0.05) is 12.5 Å². The monoisotopic (exact) mass is 252 g/mol. The van der Waals surface area contributed by atoms with Gasteiger partial charge < -0.3 is 10.6 Å². The zero-order valence-corrected chi connectivity index (χ0v) is 11.7. The molecule has 1 amide bonds. The second-order valence-corrected chi connectivity index (χ2v) is 6.04. The molecule has 1 aliphatic heterocycles. The van der Waals surface area contributed by atoms with E-state index in [0.29, 0.717) is 12.0 Å². The minimum absolute atomic E-state index is 0.279. The lowest BCUT2D eigenvalue weighted by Gasteiger charge is -2.30. The molecular formula is C15H28N2O. The number of amides is 1. The van der Waals surface area contributed by atoms with Crippen LogP contribution >= 0.6 is 0 Å². The standard InChI is InChI=1S/C15H28N2O/c1-2-14(13-6-4-3-5-7-13)17-15(18)10-12-8-9-16-11-12/h12-14,16H,2-11H2,1H3,(H,17,18). The van der Waals surface area contributed by atoms with Crippen molar-refractivity contribution in [3.63, 3.8) is 0 Å². The number of carbonyl (C=O) groups is 1. The molecule has 2 atom stereocenters. The van der Waals surface area contributed by atoms with Crippen LogP contribution in [0, 0.1) is 11.8 Å². The van der Waals surface area contributed by atoms with Crippen molar-refractivity contribution < 1.29 is 4.79 Å². The van der Waals surface area contributed by atoms with Gasteiger partial charge in [-0.05, 0) is 50.6 Å². The van der Waals surface area contributed by atoms with Crippen molar-refractivity contribution in [1.29, 1.82) is 0 Å². The first-order valence-electron chi connectivity index (χ1n) is 7.79. The maximum Gasteiger partial charge on any atom is 0.220 e. The van der Waals surface area contributed by atoms with E-state index in [9.17, 15) is 4.79 Å². The van der Waals surface area contributed by atoms with E-state index >= 15 is 0 Å². The zero-order valence-electron chi connectivity index (χ0n) is 11.7. The van der Waals surface area contributed by atoms with Crippen LogP contribution < -0.4 is 10.6 Å². The van der Waals surface area contributed by atoms with Crippen LogP contribution in [0.1, 0.15) is 58.3 Å². The molecule has 0 aromatic heterocycles. The zero-order chi connectivity index (χ0) is 12.8. The molecule has 0 aromatic rings. The summed E-state index contributed by atoms with van der Waals surface area (Å²) in [5.41, 5.74) is 0. The fraction of sp³-hybridized carbons (Fsp3) is 0.933. The minimum Gasteiger partial charge on any atom is -0.353 e. The molecule has 0 spiro atoms. The van der Waals surface area contributed by atoms with E-state index in [1.54, 1.807) is 0 Å². The fourth-order valence-corrected chi connectivity index (χ4v) is 3.51. The smallest absolute Gasteiger partial charge is 0.220 e. The summed E-state index contributed by atoms with van der Waals surface area (Å²) in [5.74, 6) is 1.57. The molecule has 2 aliphatic rings. The molecule has 2 fully saturated rings. The lowest BCUT2D eigenvalue weighted by Crippen LogP contribution is -2.41. The molecule has 18 heavy (non-hydrogen) atoms. The predicted molar refractivity (Wildman–Crippen MR) is 74.4 cm³/mol. The highest BCUT2D eigenvalue weighted by Crippen LogP contribution is 2.27. The molecule has 0 bridgehead atoms. The molecule has 0 radical (unpaired) electrons. The first-order chi connectivity index (χ1) is 8.79. The Morgan fingerprint density at radius 2 is 2.06 bits per heavy atom. The van der Waals surface area contributed by atoms with Gasteiger partial charge in [0.2, 0.25) is 5.91 Å². The van der Waals surface area contributed by atoms with Gasteiger partial charge in [0.25, 0.3) is 0 Å². The summed E-state index contributed by atoms with van der Waals surface area (Å²) in [7, 11) is 0. The van der Waals surface area contributed by atoms with Crippen molar-refractivity contribution in [3.8, 4) is 0 Å². The Bertz CT molecular complexity index is 255. The minimum atomic E-state index is 0.279. The second kappa shape index (κ2) is 7.13. The molecule has 1 saturated heterocycles. The highest BCUT2D eigenvalue weighted by atomic mass is 16.1. The van der Waals surface area contributed by atoms with Crippen molar-refractivity contribution in [3.05, 3.63) is 0 Å². The highest BCUT2D eigenvalue weighted by Gasteiger charge is 2.25. The Hall–Kier alpha value is -0.570. The van der Waals surface area contributed by atoms with E-state index in [4.69, 9.17) is 0 Å². The quantitative estimate of drug-likeness (QED) is 0.789. The molecule has 1 saturated carbocycles. The first-order valence-corrected chi connectivity index (χ1v) is 7.79. The van der Waals surface area contributed by atoms with Gasteiger partial charge in [-0.1, -0.05) is 26.2 Å². The lowest BCUT2D eigenvalue weighted by molar-refractivity contribution is -0.123. The summed E-state index contributed by atoms with van der Waals surface area (Å²) >= 11 is 0. The third kappa shape index (κ3) is 3.98. The summed E-state index contributed by atoms with van der Waals surface area (Å²) < 4.78 is 0. The van der Waals surface area contributed by atoms with Crippen LogP contribution in [0.4, 0.5) is 0 Å². The topological polar surface area (TPSA) is 41.1 Å². The normalized spacial score (nSPS) is 27.1. The number of hydrogen-bond acceptors (Lipinski definition) is 2. The van der Waals surface area contributed by atoms with Crippen LogP contribution in [0.25, 0.3) is 0 Å². The largest absolute Gasteiger partial charge is 0.353 e. The van der Waals surface area contributed by atoms with Crippen LogP contribution in [0.3, 0.4) is 0 Å². The summed E-state index contributed by atoms with van der Waals surface area (Å²) in [6, 6.07) is 0.423. The van der Waals surface area contributed by atoms with Gasteiger partial charge in [-0.25, -0.2) is 0 Å². The van der Waals surface area contributed by atoms with E-state index in [1.165, 1.54) is 32.1 Å². The third-order valence-corrected chi connectivity index (χ3v) is 4.64. The van der Waals surface area contributed by atoms with Gasteiger partial charge in [0.05, 0.1) is 0 Å². The molecule has 0 aromatic carbocycles. The predicted octanol–water partition coefficient (Wildman–Crippen LogP) is 2.46. The molecule has 1 aliphatic carbocycles. The average molecular weight is 252 g/mol. The summed E-state index contributed by atoms with van der Waals surface area (Å²) in [4.78, 5) is 12.1. The molecule has 104 valence electrons. The van der Waals surface area contributed by atoms with Crippen molar-refractivity contribution in [2.24, 2.45) is 11.8 Å². The van der Waals surface area contributed by atoms with Crippen LogP contribution in [-0.2, 0) is 4.79 Å². The Labute approximate surface area is 111 Å². The first kappa shape index (κ1) is 13.9. The van der Waals surface area contributed by atoms with Crippen LogP contribution in [0.5, 0.6) is 0 Å². The molecule has 2 rings (SSSR count).